The van der Waals surface area contributed by atoms with Gasteiger partial charge in [-0.25, -0.2) is 4.39 Å². The van der Waals surface area contributed by atoms with Gasteiger partial charge in [0.15, 0.2) is 0 Å². The molecule has 19 heavy (non-hydrogen) atoms. The summed E-state index contributed by atoms with van der Waals surface area (Å²) in [7, 11) is 0. The lowest BCUT2D eigenvalue weighted by atomic mass is 10.1. The Morgan fingerprint density at radius 3 is 2.74 bits per heavy atom. The number of rotatable bonds is 2. The molecule has 1 atom stereocenters. The lowest BCUT2D eigenvalue weighted by molar-refractivity contribution is 0.0938. The van der Waals surface area contributed by atoms with Crippen LogP contribution >= 0.6 is 0 Å². The molecule has 1 aromatic heterocycles. The molecule has 96 valence electrons. The molecule has 1 amide bonds. The molecule has 0 bridgehead atoms. The molecule has 1 heterocycles. The molecule has 1 N–H and O–H groups in total. The van der Waals surface area contributed by atoms with Gasteiger partial charge in [-0.15, -0.1) is 0 Å². The molecule has 3 rings (SSSR count). The van der Waals surface area contributed by atoms with Crippen molar-refractivity contribution in [3.05, 3.63) is 65.2 Å². The van der Waals surface area contributed by atoms with Crippen LogP contribution in [0.25, 0.3) is 0 Å². The summed E-state index contributed by atoms with van der Waals surface area (Å²) in [5.41, 5.74) is 2.71. The average molecular weight is 256 g/mol. The van der Waals surface area contributed by atoms with E-state index in [9.17, 15) is 9.18 Å². The first kappa shape index (κ1) is 11.8. The Labute approximate surface area is 110 Å². The second kappa shape index (κ2) is 4.80. The molecule has 0 radical (unpaired) electrons. The van der Waals surface area contributed by atoms with E-state index in [-0.39, 0.29) is 17.8 Å². The molecule has 3 nitrogen and oxygen atoms in total. The van der Waals surface area contributed by atoms with Crippen molar-refractivity contribution < 1.29 is 9.18 Å². The highest BCUT2D eigenvalue weighted by Crippen LogP contribution is 2.19. The number of benzene rings is 1. The van der Waals surface area contributed by atoms with E-state index in [1.807, 2.05) is 12.1 Å². The third-order valence-corrected chi connectivity index (χ3v) is 3.33. The predicted molar refractivity (Wildman–Crippen MR) is 69.3 cm³/mol. The zero-order valence-electron chi connectivity index (χ0n) is 10.3. The van der Waals surface area contributed by atoms with Gasteiger partial charge >= 0.3 is 0 Å². The summed E-state index contributed by atoms with van der Waals surface area (Å²) in [5.74, 6) is -0.508. The van der Waals surface area contributed by atoms with Gasteiger partial charge in [0, 0.05) is 29.9 Å². The van der Waals surface area contributed by atoms with Crippen molar-refractivity contribution in [3.63, 3.8) is 0 Å². The first-order valence-corrected chi connectivity index (χ1v) is 6.21. The van der Waals surface area contributed by atoms with E-state index in [4.69, 9.17) is 0 Å². The third kappa shape index (κ3) is 2.47. The molecule has 1 aromatic carbocycles. The standard InChI is InChI=1S/C15H13FN2O/c16-12-5-3-10(4-6-12)15(19)18-13-8-11-2-1-7-17-14(11)9-13/h1-7,13H,8-9H2,(H,18,19). The molecule has 0 saturated heterocycles. The van der Waals surface area contributed by atoms with Crippen LogP contribution in [0.3, 0.4) is 0 Å². The molecule has 2 aromatic rings. The predicted octanol–water partition coefficient (Wildman–Crippen LogP) is 2.12. The highest BCUT2D eigenvalue weighted by atomic mass is 19.1. The topological polar surface area (TPSA) is 42.0 Å². The van der Waals surface area contributed by atoms with Crippen LogP contribution < -0.4 is 5.32 Å². The van der Waals surface area contributed by atoms with Crippen LogP contribution in [0, 0.1) is 5.82 Å². The van der Waals surface area contributed by atoms with Crippen molar-refractivity contribution in [1.82, 2.24) is 10.3 Å². The number of hydrogen-bond acceptors (Lipinski definition) is 2. The van der Waals surface area contributed by atoms with E-state index in [2.05, 4.69) is 10.3 Å². The van der Waals surface area contributed by atoms with Crippen LogP contribution in [-0.4, -0.2) is 16.9 Å². The number of carbonyl (C=O) groups excluding carboxylic acids is 1. The molecule has 1 aliphatic rings. The van der Waals surface area contributed by atoms with Gasteiger partial charge in [-0.3, -0.25) is 9.78 Å². The Hall–Kier alpha value is -2.23. The molecule has 4 heteroatoms. The smallest absolute Gasteiger partial charge is 0.251 e. The number of aromatic nitrogens is 1. The van der Waals surface area contributed by atoms with Gasteiger partial charge in [0.25, 0.3) is 5.91 Å². The van der Waals surface area contributed by atoms with Crippen LogP contribution in [0.15, 0.2) is 42.6 Å². The fraction of sp³-hybridized carbons (Fsp3) is 0.200. The Balaban J connectivity index is 1.67. The number of pyridine rings is 1. The van der Waals surface area contributed by atoms with E-state index in [1.54, 1.807) is 6.20 Å². The monoisotopic (exact) mass is 256 g/mol. The zero-order chi connectivity index (χ0) is 13.2. The van der Waals surface area contributed by atoms with Crippen molar-refractivity contribution in [2.45, 2.75) is 18.9 Å². The van der Waals surface area contributed by atoms with Gasteiger partial charge in [0.1, 0.15) is 5.82 Å². The number of nitrogens with zero attached hydrogens (tertiary/aromatic N) is 1. The second-order valence-corrected chi connectivity index (χ2v) is 4.69. The fourth-order valence-electron chi connectivity index (χ4n) is 2.38. The summed E-state index contributed by atoms with van der Waals surface area (Å²) in [4.78, 5) is 16.3. The van der Waals surface area contributed by atoms with E-state index in [0.29, 0.717) is 5.56 Å². The van der Waals surface area contributed by atoms with Crippen molar-refractivity contribution in [1.29, 1.82) is 0 Å². The van der Waals surface area contributed by atoms with E-state index in [1.165, 1.54) is 29.8 Å². The fourth-order valence-corrected chi connectivity index (χ4v) is 2.38. The van der Waals surface area contributed by atoms with Gasteiger partial charge in [0.05, 0.1) is 0 Å². The maximum absolute atomic E-state index is 12.8. The quantitative estimate of drug-likeness (QED) is 0.894. The number of hydrogen-bond donors (Lipinski definition) is 1. The molecule has 0 spiro atoms. The highest BCUT2D eigenvalue weighted by Gasteiger charge is 2.23. The summed E-state index contributed by atoms with van der Waals surface area (Å²) < 4.78 is 12.8. The molecular weight excluding hydrogens is 243 g/mol. The summed E-state index contributed by atoms with van der Waals surface area (Å²) >= 11 is 0. The molecular formula is C15H13FN2O. The number of carbonyl (C=O) groups is 1. The van der Waals surface area contributed by atoms with Gasteiger partial charge in [0.2, 0.25) is 0 Å². The summed E-state index contributed by atoms with van der Waals surface area (Å²) in [5, 5.41) is 2.96. The van der Waals surface area contributed by atoms with E-state index in [0.717, 1.165) is 18.5 Å². The van der Waals surface area contributed by atoms with Gasteiger partial charge in [-0.05, 0) is 42.3 Å². The third-order valence-electron chi connectivity index (χ3n) is 3.33. The lowest BCUT2D eigenvalue weighted by Gasteiger charge is -2.11. The van der Waals surface area contributed by atoms with Crippen molar-refractivity contribution in [2.75, 3.05) is 0 Å². The summed E-state index contributed by atoms with van der Waals surface area (Å²) in [6.07, 6.45) is 3.32. The van der Waals surface area contributed by atoms with Crippen molar-refractivity contribution in [3.8, 4) is 0 Å². The van der Waals surface area contributed by atoms with Crippen LogP contribution in [0.1, 0.15) is 21.6 Å². The molecule has 0 fully saturated rings. The maximum Gasteiger partial charge on any atom is 0.251 e. The van der Waals surface area contributed by atoms with Crippen LogP contribution in [0.2, 0.25) is 0 Å². The van der Waals surface area contributed by atoms with Crippen LogP contribution in [0.4, 0.5) is 4.39 Å². The first-order chi connectivity index (χ1) is 9.22. The zero-order valence-corrected chi connectivity index (χ0v) is 10.3. The van der Waals surface area contributed by atoms with Crippen molar-refractivity contribution in [2.24, 2.45) is 0 Å². The lowest BCUT2D eigenvalue weighted by Crippen LogP contribution is -2.35. The van der Waals surface area contributed by atoms with Gasteiger partial charge in [-0.1, -0.05) is 6.07 Å². The molecule has 1 aliphatic carbocycles. The molecule has 0 aliphatic heterocycles. The highest BCUT2D eigenvalue weighted by molar-refractivity contribution is 5.94. The van der Waals surface area contributed by atoms with Gasteiger partial charge in [-0.2, -0.15) is 0 Å². The number of fused-ring (bicyclic) bond motifs is 1. The molecule has 1 unspecified atom stereocenters. The number of nitrogens with one attached hydrogen (secondary N) is 1. The first-order valence-electron chi connectivity index (χ1n) is 6.21. The molecule has 0 saturated carbocycles. The minimum absolute atomic E-state index is 0.0717. The van der Waals surface area contributed by atoms with Crippen LogP contribution in [0.5, 0.6) is 0 Å². The van der Waals surface area contributed by atoms with Crippen molar-refractivity contribution >= 4 is 5.91 Å². The average Bonchev–Trinajstić information content (AvgIpc) is 2.81. The minimum Gasteiger partial charge on any atom is -0.349 e. The normalized spacial score (nSPS) is 17.0. The number of halogens is 1. The number of amides is 1. The Morgan fingerprint density at radius 1 is 1.21 bits per heavy atom. The second-order valence-electron chi connectivity index (χ2n) is 4.69. The van der Waals surface area contributed by atoms with Crippen LogP contribution in [-0.2, 0) is 12.8 Å². The largest absolute Gasteiger partial charge is 0.349 e. The Morgan fingerprint density at radius 2 is 2.00 bits per heavy atom. The van der Waals surface area contributed by atoms with E-state index >= 15 is 0 Å². The maximum atomic E-state index is 12.8. The van der Waals surface area contributed by atoms with Gasteiger partial charge < -0.3 is 5.32 Å². The summed E-state index contributed by atoms with van der Waals surface area (Å²) in [6, 6.07) is 9.58. The van der Waals surface area contributed by atoms with E-state index < -0.39 is 0 Å². The summed E-state index contributed by atoms with van der Waals surface area (Å²) in [6.45, 7) is 0. The SMILES string of the molecule is O=C(NC1Cc2cccnc2C1)c1ccc(F)cc1. The Bertz CT molecular complexity index is 585. The minimum atomic E-state index is -0.339. The Kier molecular flexibility index (Phi) is 2.99.